The van der Waals surface area contributed by atoms with Gasteiger partial charge in [-0.1, -0.05) is 0 Å². The second kappa shape index (κ2) is 3.25. The van der Waals surface area contributed by atoms with Crippen LogP contribution in [0.25, 0.3) is 0 Å². The number of hydrogen-bond donors (Lipinski definition) is 0. The van der Waals surface area contributed by atoms with E-state index >= 15 is 0 Å². The minimum absolute atomic E-state index is 0.0374. The molecular formula is C10H16N4O. The molecule has 5 nitrogen and oxygen atoms in total. The van der Waals surface area contributed by atoms with Gasteiger partial charge in [0.1, 0.15) is 5.82 Å². The van der Waals surface area contributed by atoms with Crippen LogP contribution in [0.5, 0.6) is 0 Å². The second-order valence-electron chi connectivity index (χ2n) is 3.97. The Morgan fingerprint density at radius 2 is 2.13 bits per heavy atom. The number of fused-ring (bicyclic) bond motifs is 1. The molecule has 0 unspecified atom stereocenters. The molecule has 2 rings (SSSR count). The molecule has 0 aromatic carbocycles. The molecule has 0 saturated heterocycles. The predicted molar refractivity (Wildman–Crippen MR) is 59.3 cm³/mol. The molecular weight excluding hydrogens is 192 g/mol. The van der Waals surface area contributed by atoms with Crippen LogP contribution in [0, 0.1) is 6.92 Å². The molecule has 0 radical (unpaired) electrons. The standard InChI is InChI=1S/C10H16N4O/c1-7-9(13(4)8(2)15)14-6-5-12(3)10(14)11-7/h5-6H2,1-4H3. The molecule has 0 saturated carbocycles. The third-order valence-corrected chi connectivity index (χ3v) is 2.88. The van der Waals surface area contributed by atoms with Crippen molar-refractivity contribution in [2.24, 2.45) is 0 Å². The maximum Gasteiger partial charge on any atom is 0.224 e. The van der Waals surface area contributed by atoms with E-state index < -0.39 is 0 Å². The normalized spacial score (nSPS) is 14.3. The van der Waals surface area contributed by atoms with Crippen LogP contribution in [0.1, 0.15) is 12.6 Å². The summed E-state index contributed by atoms with van der Waals surface area (Å²) in [4.78, 5) is 19.6. The Morgan fingerprint density at radius 3 is 2.73 bits per heavy atom. The van der Waals surface area contributed by atoms with E-state index in [1.807, 2.05) is 14.0 Å². The SMILES string of the molecule is CC(=O)N(C)c1c(C)nc2n1CCN2C. The monoisotopic (exact) mass is 208 g/mol. The number of carbonyl (C=O) groups is 1. The molecule has 5 heteroatoms. The Hall–Kier alpha value is -1.52. The summed E-state index contributed by atoms with van der Waals surface area (Å²) < 4.78 is 2.09. The molecule has 82 valence electrons. The minimum atomic E-state index is 0.0374. The molecule has 0 aliphatic carbocycles. The summed E-state index contributed by atoms with van der Waals surface area (Å²) in [5.74, 6) is 1.91. The summed E-state index contributed by atoms with van der Waals surface area (Å²) in [6.45, 7) is 5.37. The predicted octanol–water partition coefficient (Wildman–Crippen LogP) is 0.624. The van der Waals surface area contributed by atoms with Gasteiger partial charge in [-0.15, -0.1) is 0 Å². The van der Waals surface area contributed by atoms with Crippen molar-refractivity contribution >= 4 is 17.7 Å². The fourth-order valence-electron chi connectivity index (χ4n) is 1.97. The van der Waals surface area contributed by atoms with Crippen LogP contribution in [0.15, 0.2) is 0 Å². The van der Waals surface area contributed by atoms with Crippen LogP contribution in [-0.2, 0) is 11.3 Å². The quantitative estimate of drug-likeness (QED) is 0.679. The largest absolute Gasteiger partial charge is 0.343 e. The van der Waals surface area contributed by atoms with Gasteiger partial charge in [-0.25, -0.2) is 4.98 Å². The lowest BCUT2D eigenvalue weighted by atomic mass is 10.4. The first-order valence-electron chi connectivity index (χ1n) is 5.05. The van der Waals surface area contributed by atoms with Gasteiger partial charge < -0.3 is 9.80 Å². The Labute approximate surface area is 89.3 Å². The van der Waals surface area contributed by atoms with Crippen molar-refractivity contribution in [1.29, 1.82) is 0 Å². The van der Waals surface area contributed by atoms with E-state index in [1.165, 1.54) is 0 Å². The summed E-state index contributed by atoms with van der Waals surface area (Å²) in [5.41, 5.74) is 0.911. The van der Waals surface area contributed by atoms with Gasteiger partial charge in [-0.05, 0) is 6.92 Å². The number of carbonyl (C=O) groups excluding carboxylic acids is 1. The summed E-state index contributed by atoms with van der Waals surface area (Å²) in [6.07, 6.45) is 0. The minimum Gasteiger partial charge on any atom is -0.343 e. The van der Waals surface area contributed by atoms with Gasteiger partial charge in [-0.3, -0.25) is 9.36 Å². The number of nitrogens with zero attached hydrogens (tertiary/aromatic N) is 4. The van der Waals surface area contributed by atoms with E-state index in [9.17, 15) is 4.79 Å². The van der Waals surface area contributed by atoms with Crippen molar-refractivity contribution in [3.8, 4) is 0 Å². The van der Waals surface area contributed by atoms with Gasteiger partial charge >= 0.3 is 0 Å². The Balaban J connectivity index is 2.49. The number of aromatic nitrogens is 2. The summed E-state index contributed by atoms with van der Waals surface area (Å²) in [6, 6.07) is 0. The van der Waals surface area contributed by atoms with Crippen molar-refractivity contribution < 1.29 is 4.79 Å². The van der Waals surface area contributed by atoms with Gasteiger partial charge in [-0.2, -0.15) is 0 Å². The van der Waals surface area contributed by atoms with E-state index in [2.05, 4.69) is 14.5 Å². The highest BCUT2D eigenvalue weighted by Crippen LogP contribution is 2.29. The Bertz CT molecular complexity index is 410. The number of amides is 1. The first-order chi connectivity index (χ1) is 7.02. The van der Waals surface area contributed by atoms with Crippen LogP contribution >= 0.6 is 0 Å². The van der Waals surface area contributed by atoms with Crippen molar-refractivity contribution in [2.75, 3.05) is 30.4 Å². The Kier molecular flexibility index (Phi) is 2.17. The molecule has 1 aliphatic rings. The lowest BCUT2D eigenvalue weighted by molar-refractivity contribution is -0.116. The van der Waals surface area contributed by atoms with E-state index in [-0.39, 0.29) is 5.91 Å². The van der Waals surface area contributed by atoms with Crippen molar-refractivity contribution in [3.05, 3.63) is 5.69 Å². The molecule has 1 amide bonds. The van der Waals surface area contributed by atoms with E-state index in [0.29, 0.717) is 0 Å². The number of anilines is 2. The van der Waals surface area contributed by atoms with Gasteiger partial charge in [0, 0.05) is 34.1 Å². The van der Waals surface area contributed by atoms with Crippen molar-refractivity contribution in [1.82, 2.24) is 9.55 Å². The average Bonchev–Trinajstić information content (AvgIpc) is 2.65. The zero-order valence-corrected chi connectivity index (χ0v) is 9.61. The molecule has 1 aromatic rings. The third kappa shape index (κ3) is 1.38. The molecule has 1 aliphatic heterocycles. The highest BCUT2D eigenvalue weighted by molar-refractivity contribution is 5.91. The molecule has 1 aromatic heterocycles. The zero-order valence-electron chi connectivity index (χ0n) is 9.61. The summed E-state index contributed by atoms with van der Waals surface area (Å²) in [5, 5.41) is 0. The van der Waals surface area contributed by atoms with Crippen molar-refractivity contribution in [2.45, 2.75) is 20.4 Å². The number of aryl methyl sites for hydroxylation is 1. The maximum absolute atomic E-state index is 11.3. The van der Waals surface area contributed by atoms with E-state index in [1.54, 1.807) is 18.9 Å². The number of imidazole rings is 1. The van der Waals surface area contributed by atoms with Crippen LogP contribution in [0.4, 0.5) is 11.8 Å². The van der Waals surface area contributed by atoms with Crippen molar-refractivity contribution in [3.63, 3.8) is 0 Å². The molecule has 15 heavy (non-hydrogen) atoms. The van der Waals surface area contributed by atoms with Crippen LogP contribution in [-0.4, -0.2) is 36.1 Å². The average molecular weight is 208 g/mol. The molecule has 0 spiro atoms. The third-order valence-electron chi connectivity index (χ3n) is 2.88. The van der Waals surface area contributed by atoms with Gasteiger partial charge in [0.15, 0.2) is 0 Å². The lowest BCUT2D eigenvalue weighted by Gasteiger charge is -2.16. The summed E-state index contributed by atoms with van der Waals surface area (Å²) >= 11 is 0. The highest BCUT2D eigenvalue weighted by atomic mass is 16.2. The zero-order chi connectivity index (χ0) is 11.2. The molecule has 0 bridgehead atoms. The first kappa shape index (κ1) is 10.0. The lowest BCUT2D eigenvalue weighted by Crippen LogP contribution is -2.26. The maximum atomic E-state index is 11.3. The van der Waals surface area contributed by atoms with Crippen LogP contribution < -0.4 is 9.80 Å². The highest BCUT2D eigenvalue weighted by Gasteiger charge is 2.25. The number of hydrogen-bond acceptors (Lipinski definition) is 3. The van der Waals surface area contributed by atoms with Crippen LogP contribution in [0.2, 0.25) is 0 Å². The fourth-order valence-corrected chi connectivity index (χ4v) is 1.97. The first-order valence-corrected chi connectivity index (χ1v) is 5.05. The van der Waals surface area contributed by atoms with Gasteiger partial charge in [0.25, 0.3) is 0 Å². The number of rotatable bonds is 1. The molecule has 0 N–H and O–H groups in total. The fraction of sp³-hybridized carbons (Fsp3) is 0.600. The Morgan fingerprint density at radius 1 is 1.47 bits per heavy atom. The van der Waals surface area contributed by atoms with Crippen LogP contribution in [0.3, 0.4) is 0 Å². The smallest absolute Gasteiger partial charge is 0.224 e. The molecule has 2 heterocycles. The molecule has 0 fully saturated rings. The topological polar surface area (TPSA) is 41.4 Å². The van der Waals surface area contributed by atoms with Gasteiger partial charge in [0.2, 0.25) is 11.9 Å². The van der Waals surface area contributed by atoms with E-state index in [4.69, 9.17) is 0 Å². The van der Waals surface area contributed by atoms with Gasteiger partial charge in [0.05, 0.1) is 5.69 Å². The molecule has 0 atom stereocenters. The number of likely N-dealkylation sites (N-methyl/N-ethyl adjacent to an activating group) is 1. The second-order valence-corrected chi connectivity index (χ2v) is 3.97. The summed E-state index contributed by atoms with van der Waals surface area (Å²) in [7, 11) is 3.81. The van der Waals surface area contributed by atoms with E-state index in [0.717, 1.165) is 30.5 Å².